The Morgan fingerprint density at radius 2 is 1.84 bits per heavy atom. The largest absolute Gasteiger partial charge is 0.416 e. The van der Waals surface area contributed by atoms with Crippen LogP contribution < -0.4 is 10.6 Å². The predicted octanol–water partition coefficient (Wildman–Crippen LogP) is 4.19. The van der Waals surface area contributed by atoms with Crippen molar-refractivity contribution in [2.24, 2.45) is 11.8 Å². The number of nitrogens with one attached hydrogen (secondary N) is 2. The summed E-state index contributed by atoms with van der Waals surface area (Å²) in [5, 5.41) is 5.60. The number of hydrogen-bond acceptors (Lipinski definition) is 2. The molecule has 7 heteroatoms. The van der Waals surface area contributed by atoms with E-state index in [2.05, 4.69) is 10.6 Å². The van der Waals surface area contributed by atoms with Gasteiger partial charge in [0.2, 0.25) is 0 Å². The third-order valence-corrected chi connectivity index (χ3v) is 4.21. The van der Waals surface area contributed by atoms with Crippen molar-refractivity contribution < 1.29 is 18.0 Å². The number of carbonyl (C=O) groups is 1. The molecule has 3 rings (SSSR count). The summed E-state index contributed by atoms with van der Waals surface area (Å²) in [6, 6.07) is 4.25. The van der Waals surface area contributed by atoms with Crippen LogP contribution in [0.1, 0.15) is 31.2 Å². The average molecular weight is 357 g/mol. The van der Waals surface area contributed by atoms with Gasteiger partial charge >= 0.3 is 12.2 Å². The molecular formula is C18H26F3N3O. The molecule has 0 heterocycles. The number of urea groups is 1. The van der Waals surface area contributed by atoms with Crippen molar-refractivity contribution in [2.75, 3.05) is 32.5 Å². The van der Waals surface area contributed by atoms with Gasteiger partial charge < -0.3 is 15.5 Å². The van der Waals surface area contributed by atoms with Crippen LogP contribution in [0.25, 0.3) is 0 Å². The van der Waals surface area contributed by atoms with E-state index in [1.807, 2.05) is 7.05 Å². The van der Waals surface area contributed by atoms with E-state index in [1.54, 1.807) is 7.05 Å². The molecule has 1 aromatic carbocycles. The monoisotopic (exact) mass is 357 g/mol. The van der Waals surface area contributed by atoms with Crippen molar-refractivity contribution in [1.82, 2.24) is 10.2 Å². The number of rotatable bonds is 5. The summed E-state index contributed by atoms with van der Waals surface area (Å²) in [7, 11) is 3.65. The van der Waals surface area contributed by atoms with E-state index in [1.165, 1.54) is 36.4 Å². The number of nitrogens with zero attached hydrogens (tertiary/aromatic N) is 1. The van der Waals surface area contributed by atoms with E-state index in [-0.39, 0.29) is 11.7 Å². The van der Waals surface area contributed by atoms with Gasteiger partial charge in [0.1, 0.15) is 0 Å². The Balaban J connectivity index is 0.000000316. The number of hydrogen-bond donors (Lipinski definition) is 2. The highest BCUT2D eigenvalue weighted by Crippen LogP contribution is 2.31. The third-order valence-electron chi connectivity index (χ3n) is 4.21. The normalized spacial score (nSPS) is 16.7. The fraction of sp³-hybridized carbons (Fsp3) is 0.611. The van der Waals surface area contributed by atoms with Crippen LogP contribution in [0, 0.1) is 11.8 Å². The van der Waals surface area contributed by atoms with E-state index in [0.29, 0.717) is 12.5 Å². The summed E-state index contributed by atoms with van der Waals surface area (Å²) in [5.74, 6) is 1.58. The van der Waals surface area contributed by atoms with Gasteiger partial charge in [-0.05, 0) is 69.3 Å². The lowest BCUT2D eigenvalue weighted by Crippen LogP contribution is -2.33. The highest BCUT2D eigenvalue weighted by molar-refractivity contribution is 5.89. The van der Waals surface area contributed by atoms with E-state index < -0.39 is 11.7 Å². The van der Waals surface area contributed by atoms with Crippen molar-refractivity contribution >= 4 is 11.7 Å². The van der Waals surface area contributed by atoms with Crippen LogP contribution >= 0.6 is 0 Å². The van der Waals surface area contributed by atoms with Crippen molar-refractivity contribution in [1.29, 1.82) is 0 Å². The second-order valence-corrected chi connectivity index (χ2v) is 6.83. The second kappa shape index (κ2) is 8.56. The molecule has 0 atom stereocenters. The summed E-state index contributed by atoms with van der Waals surface area (Å²) < 4.78 is 37.6. The first-order chi connectivity index (χ1) is 11.8. The van der Waals surface area contributed by atoms with Crippen LogP contribution in [0.15, 0.2) is 24.3 Å². The van der Waals surface area contributed by atoms with E-state index in [0.717, 1.165) is 30.9 Å². The summed E-state index contributed by atoms with van der Waals surface area (Å²) in [5.41, 5.74) is -0.613. The first kappa shape index (κ1) is 19.6. The van der Waals surface area contributed by atoms with Crippen LogP contribution in [0.5, 0.6) is 0 Å². The van der Waals surface area contributed by atoms with Crippen molar-refractivity contribution in [3.05, 3.63) is 29.8 Å². The van der Waals surface area contributed by atoms with Gasteiger partial charge in [0, 0.05) is 19.3 Å². The molecule has 0 spiro atoms. The number of halogens is 3. The third kappa shape index (κ3) is 7.34. The highest BCUT2D eigenvalue weighted by Gasteiger charge is 2.30. The van der Waals surface area contributed by atoms with Crippen LogP contribution in [-0.4, -0.2) is 38.1 Å². The maximum atomic E-state index is 12.5. The first-order valence-electron chi connectivity index (χ1n) is 8.63. The SMILES string of the molecule is CN(CC1CC1)C(=O)Nc1cccc(C(F)(F)F)c1.CNCC1CC1. The molecule has 0 aliphatic heterocycles. The average Bonchev–Trinajstić information content (AvgIpc) is 3.44. The maximum absolute atomic E-state index is 12.5. The van der Waals surface area contributed by atoms with Gasteiger partial charge in [-0.25, -0.2) is 4.79 Å². The van der Waals surface area contributed by atoms with E-state index in [9.17, 15) is 18.0 Å². The summed E-state index contributed by atoms with van der Waals surface area (Å²) >= 11 is 0. The highest BCUT2D eigenvalue weighted by atomic mass is 19.4. The molecule has 0 bridgehead atoms. The molecule has 2 N–H and O–H groups in total. The van der Waals surface area contributed by atoms with E-state index in [4.69, 9.17) is 0 Å². The fourth-order valence-electron chi connectivity index (χ4n) is 2.37. The summed E-state index contributed by atoms with van der Waals surface area (Å²) in [6.45, 7) is 1.88. The molecule has 2 saturated carbocycles. The van der Waals surface area contributed by atoms with Crippen LogP contribution in [0.3, 0.4) is 0 Å². The minimum Gasteiger partial charge on any atom is -0.327 e. The van der Waals surface area contributed by atoms with Crippen molar-refractivity contribution in [2.45, 2.75) is 31.9 Å². The lowest BCUT2D eigenvalue weighted by atomic mass is 10.2. The molecule has 2 aliphatic rings. The standard InChI is InChI=1S/C13H15F3N2O.C5H11N/c1-18(8-9-5-6-9)12(19)17-11-4-2-3-10(7-11)13(14,15)16;1-6-4-5-2-3-5/h2-4,7,9H,5-6,8H2,1H3,(H,17,19);5-6H,2-4H2,1H3. The second-order valence-electron chi connectivity index (χ2n) is 6.83. The predicted molar refractivity (Wildman–Crippen MR) is 92.5 cm³/mol. The van der Waals surface area contributed by atoms with Gasteiger partial charge in [0.05, 0.1) is 5.56 Å². The van der Waals surface area contributed by atoms with Gasteiger partial charge in [0.25, 0.3) is 0 Å². The van der Waals surface area contributed by atoms with Crippen molar-refractivity contribution in [3.63, 3.8) is 0 Å². The van der Waals surface area contributed by atoms with Gasteiger partial charge in [-0.15, -0.1) is 0 Å². The topological polar surface area (TPSA) is 44.4 Å². The minimum atomic E-state index is -4.40. The molecular weight excluding hydrogens is 331 g/mol. The molecule has 0 radical (unpaired) electrons. The molecule has 4 nitrogen and oxygen atoms in total. The molecule has 1 aromatic rings. The number of benzene rings is 1. The first-order valence-corrected chi connectivity index (χ1v) is 8.63. The quantitative estimate of drug-likeness (QED) is 0.830. The molecule has 0 unspecified atom stereocenters. The Morgan fingerprint density at radius 1 is 1.20 bits per heavy atom. The Hall–Kier alpha value is -1.76. The Morgan fingerprint density at radius 3 is 2.32 bits per heavy atom. The summed E-state index contributed by atoms with van der Waals surface area (Å²) in [6.07, 6.45) is 0.741. The maximum Gasteiger partial charge on any atom is 0.416 e. The minimum absolute atomic E-state index is 0.155. The van der Waals surface area contributed by atoms with Crippen molar-refractivity contribution in [3.8, 4) is 0 Å². The molecule has 2 aliphatic carbocycles. The van der Waals surface area contributed by atoms with E-state index >= 15 is 0 Å². The van der Waals surface area contributed by atoms with Crippen LogP contribution in [0.2, 0.25) is 0 Å². The molecule has 0 saturated heterocycles. The lowest BCUT2D eigenvalue weighted by molar-refractivity contribution is -0.137. The lowest BCUT2D eigenvalue weighted by Gasteiger charge is -2.18. The Labute approximate surface area is 146 Å². The number of amides is 2. The van der Waals surface area contributed by atoms with Crippen LogP contribution in [-0.2, 0) is 6.18 Å². The molecule has 2 amide bonds. The molecule has 25 heavy (non-hydrogen) atoms. The summed E-state index contributed by atoms with van der Waals surface area (Å²) in [4.78, 5) is 13.3. The Bertz CT molecular complexity index is 569. The van der Waals surface area contributed by atoms with Crippen LogP contribution in [0.4, 0.5) is 23.7 Å². The number of anilines is 1. The molecule has 0 aromatic heterocycles. The zero-order valence-electron chi connectivity index (χ0n) is 14.7. The van der Waals surface area contributed by atoms with Gasteiger partial charge in [-0.1, -0.05) is 6.07 Å². The zero-order chi connectivity index (χ0) is 18.4. The fourth-order valence-corrected chi connectivity index (χ4v) is 2.37. The van der Waals surface area contributed by atoms with Gasteiger partial charge in [0.15, 0.2) is 0 Å². The zero-order valence-corrected chi connectivity index (χ0v) is 14.7. The Kier molecular flexibility index (Phi) is 6.70. The van der Waals surface area contributed by atoms with Gasteiger partial charge in [-0.3, -0.25) is 0 Å². The molecule has 2 fully saturated rings. The molecule has 140 valence electrons. The number of alkyl halides is 3. The smallest absolute Gasteiger partial charge is 0.327 e. The number of carbonyl (C=O) groups excluding carboxylic acids is 1. The van der Waals surface area contributed by atoms with Gasteiger partial charge in [-0.2, -0.15) is 13.2 Å².